The molecule has 29 heavy (non-hydrogen) atoms. The van der Waals surface area contributed by atoms with Gasteiger partial charge in [0, 0.05) is 16.7 Å². The van der Waals surface area contributed by atoms with Crippen LogP contribution in [0.15, 0.2) is 89.1 Å². The first kappa shape index (κ1) is 20.5. The van der Waals surface area contributed by atoms with Crippen molar-refractivity contribution < 1.29 is 9.59 Å². The summed E-state index contributed by atoms with van der Waals surface area (Å²) in [4.78, 5) is 26.0. The maximum absolute atomic E-state index is 13.2. The number of benzene rings is 2. The van der Waals surface area contributed by atoms with E-state index >= 15 is 0 Å². The summed E-state index contributed by atoms with van der Waals surface area (Å²) in [6, 6.07) is 18.4. The predicted molar refractivity (Wildman–Crippen MR) is 118 cm³/mol. The first-order valence-electron chi connectivity index (χ1n) is 9.89. The Labute approximate surface area is 172 Å². The van der Waals surface area contributed by atoms with Crippen LogP contribution in [0.2, 0.25) is 0 Å². The van der Waals surface area contributed by atoms with Crippen molar-refractivity contribution in [2.45, 2.75) is 27.7 Å². The number of ketones is 1. The second-order valence-electron chi connectivity index (χ2n) is 7.68. The summed E-state index contributed by atoms with van der Waals surface area (Å²) >= 11 is 0. The Morgan fingerprint density at radius 1 is 0.793 bits per heavy atom. The van der Waals surface area contributed by atoms with Gasteiger partial charge in [-0.2, -0.15) is 10.1 Å². The van der Waals surface area contributed by atoms with Gasteiger partial charge in [-0.1, -0.05) is 64.1 Å². The summed E-state index contributed by atoms with van der Waals surface area (Å²) in [7, 11) is 0. The van der Waals surface area contributed by atoms with E-state index in [-0.39, 0.29) is 23.5 Å². The molecule has 0 fully saturated rings. The monoisotopic (exact) mass is 386 g/mol. The Kier molecular flexibility index (Phi) is 6.23. The largest absolute Gasteiger partial charge is 0.289 e. The van der Waals surface area contributed by atoms with Crippen LogP contribution < -0.4 is 5.01 Å². The third kappa shape index (κ3) is 4.60. The van der Waals surface area contributed by atoms with Gasteiger partial charge in [-0.05, 0) is 48.3 Å². The molecule has 0 aromatic heterocycles. The van der Waals surface area contributed by atoms with E-state index in [1.165, 1.54) is 5.01 Å². The average Bonchev–Trinajstić information content (AvgIpc) is 2.73. The molecule has 0 spiro atoms. The van der Waals surface area contributed by atoms with Crippen LogP contribution in [0.5, 0.6) is 0 Å². The van der Waals surface area contributed by atoms with E-state index in [4.69, 9.17) is 0 Å². The van der Waals surface area contributed by atoms with Crippen LogP contribution in [-0.2, 0) is 4.79 Å². The van der Waals surface area contributed by atoms with Gasteiger partial charge in [-0.15, -0.1) is 0 Å². The number of anilines is 1. The zero-order chi connectivity index (χ0) is 21.0. The molecule has 148 valence electrons. The number of nitrogens with zero attached hydrogens (tertiary/aromatic N) is 2. The quantitative estimate of drug-likeness (QED) is 0.508. The molecule has 0 atom stereocenters. The summed E-state index contributed by atoms with van der Waals surface area (Å²) in [6.45, 7) is 7.98. The number of allylic oxidation sites excluding steroid dienone is 4. The van der Waals surface area contributed by atoms with Gasteiger partial charge < -0.3 is 0 Å². The van der Waals surface area contributed by atoms with E-state index in [1.54, 1.807) is 24.3 Å². The van der Waals surface area contributed by atoms with Crippen LogP contribution >= 0.6 is 0 Å². The lowest BCUT2D eigenvalue weighted by atomic mass is 9.84. The smallest absolute Gasteiger partial charge is 0.278 e. The number of hydrazone groups is 1. The van der Waals surface area contributed by atoms with Crippen molar-refractivity contribution in [3.63, 3.8) is 0 Å². The number of carbonyl (C=O) groups is 2. The minimum atomic E-state index is -0.222. The standard InChI is InChI=1S/C25H26N2O2/c1-17(2)22-15-20(16-23(18(3)4)24(22)28)26-27(21-13-9-6-10-14-21)25(29)19-11-7-5-8-12-19/h5-18H,1-4H3. The number of rotatable bonds is 5. The molecule has 1 aliphatic rings. The Morgan fingerprint density at radius 3 is 1.76 bits per heavy atom. The molecule has 3 rings (SSSR count). The average molecular weight is 386 g/mol. The van der Waals surface area contributed by atoms with E-state index < -0.39 is 0 Å². The van der Waals surface area contributed by atoms with E-state index in [0.29, 0.717) is 17.0 Å². The Bertz CT molecular complexity index is 954. The highest BCUT2D eigenvalue weighted by Crippen LogP contribution is 2.26. The van der Waals surface area contributed by atoms with E-state index in [0.717, 1.165) is 11.1 Å². The van der Waals surface area contributed by atoms with Gasteiger partial charge in [0.2, 0.25) is 0 Å². The molecular weight excluding hydrogens is 360 g/mol. The molecule has 0 saturated carbocycles. The Balaban J connectivity index is 2.12. The fourth-order valence-electron chi connectivity index (χ4n) is 3.18. The predicted octanol–water partition coefficient (Wildman–Crippen LogP) is 5.44. The van der Waals surface area contributed by atoms with Gasteiger partial charge >= 0.3 is 0 Å². The zero-order valence-electron chi connectivity index (χ0n) is 17.3. The van der Waals surface area contributed by atoms with Crippen LogP contribution in [0.4, 0.5) is 5.69 Å². The molecule has 4 heteroatoms. The van der Waals surface area contributed by atoms with Crippen molar-refractivity contribution in [2.75, 3.05) is 5.01 Å². The number of hydrogen-bond donors (Lipinski definition) is 0. The number of carbonyl (C=O) groups excluding carboxylic acids is 2. The highest BCUT2D eigenvalue weighted by atomic mass is 16.2. The normalized spacial score (nSPS) is 14.0. The summed E-state index contributed by atoms with van der Waals surface area (Å²) in [5.41, 5.74) is 3.26. The lowest BCUT2D eigenvalue weighted by Gasteiger charge is -2.22. The summed E-state index contributed by atoms with van der Waals surface area (Å²) < 4.78 is 0. The molecule has 0 heterocycles. The minimum Gasteiger partial charge on any atom is -0.289 e. The van der Waals surface area contributed by atoms with Crippen molar-refractivity contribution in [3.05, 3.63) is 89.5 Å². The van der Waals surface area contributed by atoms with Crippen molar-refractivity contribution in [1.82, 2.24) is 0 Å². The highest BCUT2D eigenvalue weighted by Gasteiger charge is 2.26. The number of amides is 1. The lowest BCUT2D eigenvalue weighted by molar-refractivity contribution is -0.113. The van der Waals surface area contributed by atoms with Gasteiger partial charge in [-0.3, -0.25) is 9.59 Å². The molecule has 0 aliphatic heterocycles. The van der Waals surface area contributed by atoms with Gasteiger partial charge in [0.25, 0.3) is 5.91 Å². The molecule has 2 aromatic carbocycles. The molecule has 0 bridgehead atoms. The molecule has 1 aliphatic carbocycles. The van der Waals surface area contributed by atoms with Crippen LogP contribution in [-0.4, -0.2) is 17.4 Å². The van der Waals surface area contributed by atoms with E-state index in [2.05, 4.69) is 5.10 Å². The van der Waals surface area contributed by atoms with Crippen LogP contribution in [0.1, 0.15) is 38.1 Å². The van der Waals surface area contributed by atoms with Crippen molar-refractivity contribution >= 4 is 23.1 Å². The number of hydrogen-bond acceptors (Lipinski definition) is 3. The van der Waals surface area contributed by atoms with Crippen LogP contribution in [0, 0.1) is 11.8 Å². The zero-order valence-corrected chi connectivity index (χ0v) is 17.3. The summed E-state index contributed by atoms with van der Waals surface area (Å²) in [5.74, 6) is -0.00917. The molecule has 0 unspecified atom stereocenters. The van der Waals surface area contributed by atoms with Crippen molar-refractivity contribution in [2.24, 2.45) is 16.9 Å². The first-order chi connectivity index (χ1) is 13.9. The maximum Gasteiger partial charge on any atom is 0.278 e. The fraction of sp³-hybridized carbons (Fsp3) is 0.240. The molecule has 0 saturated heterocycles. The molecule has 4 nitrogen and oxygen atoms in total. The number of Topliss-reactive ketones (excluding diaryl/α,β-unsaturated/α-hetero) is 1. The molecule has 0 radical (unpaired) electrons. The Morgan fingerprint density at radius 2 is 1.28 bits per heavy atom. The summed E-state index contributed by atoms with van der Waals surface area (Å²) in [5, 5.41) is 6.08. The number of para-hydroxylation sites is 1. The highest BCUT2D eigenvalue weighted by molar-refractivity contribution is 6.23. The second kappa shape index (κ2) is 8.82. The molecule has 2 aromatic rings. The van der Waals surface area contributed by atoms with Gasteiger partial charge in [0.15, 0.2) is 5.78 Å². The maximum atomic E-state index is 13.2. The lowest BCUT2D eigenvalue weighted by Crippen LogP contribution is -2.28. The van der Waals surface area contributed by atoms with E-state index in [9.17, 15) is 9.59 Å². The van der Waals surface area contributed by atoms with E-state index in [1.807, 2.05) is 76.2 Å². The second-order valence-corrected chi connectivity index (χ2v) is 7.68. The fourth-order valence-corrected chi connectivity index (χ4v) is 3.18. The molecule has 0 N–H and O–H groups in total. The first-order valence-corrected chi connectivity index (χ1v) is 9.89. The van der Waals surface area contributed by atoms with Crippen molar-refractivity contribution in [1.29, 1.82) is 0 Å². The van der Waals surface area contributed by atoms with Gasteiger partial charge in [-0.25, -0.2) is 0 Å². The van der Waals surface area contributed by atoms with Crippen LogP contribution in [0.3, 0.4) is 0 Å². The molecular formula is C25H26N2O2. The SMILES string of the molecule is CC(C)C1=CC(=NN(C(=O)c2ccccc2)c2ccccc2)C=C(C(C)C)C1=O. The third-order valence-electron chi connectivity index (χ3n) is 4.80. The minimum absolute atomic E-state index is 0.0644. The van der Waals surface area contributed by atoms with Crippen LogP contribution in [0.25, 0.3) is 0 Å². The van der Waals surface area contributed by atoms with Crippen molar-refractivity contribution in [3.8, 4) is 0 Å². The molecule has 1 amide bonds. The third-order valence-corrected chi connectivity index (χ3v) is 4.80. The van der Waals surface area contributed by atoms with Gasteiger partial charge in [0.05, 0.1) is 11.4 Å². The topological polar surface area (TPSA) is 49.7 Å². The van der Waals surface area contributed by atoms with Gasteiger partial charge in [0.1, 0.15) is 0 Å². The Hall–Kier alpha value is -3.27. The summed E-state index contributed by atoms with van der Waals surface area (Å²) in [6.07, 6.45) is 3.60.